The van der Waals surface area contributed by atoms with Gasteiger partial charge in [-0.1, -0.05) is 26.2 Å². The molecule has 1 N–H and O–H groups in total. The molecule has 0 heterocycles. The molecule has 19 heavy (non-hydrogen) atoms. The van der Waals surface area contributed by atoms with Gasteiger partial charge in [-0.15, -0.1) is 0 Å². The maximum absolute atomic E-state index is 11.5. The number of rotatable bonds is 7. The molecule has 3 unspecified atom stereocenters. The SMILES string of the molecule is CCOC1CC(NCCS(=O)CC)C12CCCCC2. The molecule has 2 aliphatic carbocycles. The van der Waals surface area contributed by atoms with Crippen LogP contribution < -0.4 is 5.32 Å². The van der Waals surface area contributed by atoms with Gasteiger partial charge in [0.05, 0.1) is 6.10 Å². The van der Waals surface area contributed by atoms with E-state index < -0.39 is 10.8 Å². The Bertz CT molecular complexity index is 303. The van der Waals surface area contributed by atoms with Crippen LogP contribution >= 0.6 is 0 Å². The largest absolute Gasteiger partial charge is 0.378 e. The fourth-order valence-electron chi connectivity index (χ4n) is 3.84. The van der Waals surface area contributed by atoms with Gasteiger partial charge in [-0.25, -0.2) is 0 Å². The van der Waals surface area contributed by atoms with Crippen molar-refractivity contribution >= 4 is 10.8 Å². The molecule has 0 aromatic rings. The summed E-state index contributed by atoms with van der Waals surface area (Å²) in [4.78, 5) is 0. The van der Waals surface area contributed by atoms with Crippen LogP contribution in [0.3, 0.4) is 0 Å². The van der Waals surface area contributed by atoms with Crippen LogP contribution in [-0.2, 0) is 15.5 Å². The van der Waals surface area contributed by atoms with Crippen LogP contribution in [0.2, 0.25) is 0 Å². The Morgan fingerprint density at radius 1 is 1.26 bits per heavy atom. The van der Waals surface area contributed by atoms with Gasteiger partial charge < -0.3 is 10.1 Å². The molecule has 0 aromatic carbocycles. The smallest absolute Gasteiger partial charge is 0.0661 e. The number of hydrogen-bond donors (Lipinski definition) is 1. The lowest BCUT2D eigenvalue weighted by atomic mass is 9.55. The van der Waals surface area contributed by atoms with Gasteiger partial charge in [0.1, 0.15) is 0 Å². The maximum atomic E-state index is 11.5. The first kappa shape index (κ1) is 15.5. The van der Waals surface area contributed by atoms with Crippen LogP contribution in [0.1, 0.15) is 52.4 Å². The van der Waals surface area contributed by atoms with Gasteiger partial charge in [-0.3, -0.25) is 4.21 Å². The third-order valence-corrected chi connectivity index (χ3v) is 6.28. The molecule has 0 bridgehead atoms. The molecule has 2 rings (SSSR count). The highest BCUT2D eigenvalue weighted by Gasteiger charge is 2.55. The number of nitrogens with one attached hydrogen (secondary N) is 1. The standard InChI is InChI=1S/C15H29NO2S/c1-3-18-14-12-13(16-10-11-19(17)4-2)15(14)8-6-5-7-9-15/h13-14,16H,3-12H2,1-2H3. The van der Waals surface area contributed by atoms with Gasteiger partial charge in [0.15, 0.2) is 0 Å². The van der Waals surface area contributed by atoms with E-state index in [1.165, 1.54) is 32.1 Å². The highest BCUT2D eigenvalue weighted by Crippen LogP contribution is 2.53. The van der Waals surface area contributed by atoms with Crippen molar-refractivity contribution in [2.75, 3.05) is 24.7 Å². The molecule has 3 atom stereocenters. The van der Waals surface area contributed by atoms with Crippen LogP contribution in [0.4, 0.5) is 0 Å². The number of ether oxygens (including phenoxy) is 1. The van der Waals surface area contributed by atoms with Gasteiger partial charge >= 0.3 is 0 Å². The minimum Gasteiger partial charge on any atom is -0.378 e. The van der Waals surface area contributed by atoms with Crippen LogP contribution in [-0.4, -0.2) is 41.0 Å². The monoisotopic (exact) mass is 287 g/mol. The lowest BCUT2D eigenvalue weighted by Crippen LogP contribution is -2.64. The van der Waals surface area contributed by atoms with Crippen LogP contribution in [0.15, 0.2) is 0 Å². The Morgan fingerprint density at radius 2 is 2.00 bits per heavy atom. The van der Waals surface area contributed by atoms with E-state index in [0.717, 1.165) is 31.1 Å². The Balaban J connectivity index is 1.84. The van der Waals surface area contributed by atoms with Crippen LogP contribution in [0.5, 0.6) is 0 Å². The number of hydrogen-bond acceptors (Lipinski definition) is 3. The molecule has 0 amide bonds. The quantitative estimate of drug-likeness (QED) is 0.782. The van der Waals surface area contributed by atoms with Crippen LogP contribution in [0.25, 0.3) is 0 Å². The van der Waals surface area contributed by atoms with E-state index in [0.29, 0.717) is 17.6 Å². The zero-order valence-corrected chi connectivity index (χ0v) is 13.3. The van der Waals surface area contributed by atoms with Gasteiger partial charge in [0.2, 0.25) is 0 Å². The molecule has 0 aromatic heterocycles. The van der Waals surface area contributed by atoms with E-state index in [-0.39, 0.29) is 0 Å². The fraction of sp³-hybridized carbons (Fsp3) is 1.00. The maximum Gasteiger partial charge on any atom is 0.0661 e. The molecule has 1 spiro atoms. The Labute approximate surface area is 120 Å². The predicted octanol–water partition coefficient (Wildman–Crippen LogP) is 2.47. The Morgan fingerprint density at radius 3 is 2.63 bits per heavy atom. The molecule has 4 heteroatoms. The fourth-order valence-corrected chi connectivity index (χ4v) is 4.48. The van der Waals surface area contributed by atoms with E-state index in [1.54, 1.807) is 0 Å². The molecule has 0 radical (unpaired) electrons. The van der Waals surface area contributed by atoms with Crippen molar-refractivity contribution in [1.29, 1.82) is 0 Å². The van der Waals surface area contributed by atoms with Crippen molar-refractivity contribution in [3.05, 3.63) is 0 Å². The summed E-state index contributed by atoms with van der Waals surface area (Å²) >= 11 is 0. The first-order valence-electron chi connectivity index (χ1n) is 7.93. The minimum absolute atomic E-state index is 0.391. The Kier molecular flexibility index (Phi) is 5.85. The third-order valence-electron chi connectivity index (χ3n) is 4.98. The van der Waals surface area contributed by atoms with Crippen LogP contribution in [0, 0.1) is 5.41 Å². The summed E-state index contributed by atoms with van der Waals surface area (Å²) in [7, 11) is -0.644. The average molecular weight is 287 g/mol. The molecule has 112 valence electrons. The van der Waals surface area contributed by atoms with Crippen molar-refractivity contribution in [1.82, 2.24) is 5.32 Å². The normalized spacial score (nSPS) is 31.1. The summed E-state index contributed by atoms with van der Waals surface area (Å²) < 4.78 is 17.4. The highest BCUT2D eigenvalue weighted by molar-refractivity contribution is 7.84. The topological polar surface area (TPSA) is 38.3 Å². The second kappa shape index (κ2) is 7.19. The van der Waals surface area contributed by atoms with Gasteiger partial charge in [0, 0.05) is 46.9 Å². The van der Waals surface area contributed by atoms with E-state index in [1.807, 2.05) is 6.92 Å². The van der Waals surface area contributed by atoms with E-state index in [9.17, 15) is 4.21 Å². The van der Waals surface area contributed by atoms with E-state index in [4.69, 9.17) is 4.74 Å². The summed E-state index contributed by atoms with van der Waals surface area (Å²) in [6.07, 6.45) is 8.32. The third kappa shape index (κ3) is 3.40. The molecular weight excluding hydrogens is 258 g/mol. The average Bonchev–Trinajstić information content (AvgIpc) is 2.46. The minimum atomic E-state index is -0.644. The lowest BCUT2D eigenvalue weighted by Gasteiger charge is -2.58. The molecule has 2 fully saturated rings. The van der Waals surface area contributed by atoms with Gasteiger partial charge in [-0.2, -0.15) is 0 Å². The molecular formula is C15H29NO2S. The predicted molar refractivity (Wildman–Crippen MR) is 80.9 cm³/mol. The molecule has 3 nitrogen and oxygen atoms in total. The van der Waals surface area contributed by atoms with Gasteiger partial charge in [0.25, 0.3) is 0 Å². The first-order valence-corrected chi connectivity index (χ1v) is 9.41. The summed E-state index contributed by atoms with van der Waals surface area (Å²) in [5.41, 5.74) is 0.391. The van der Waals surface area contributed by atoms with Crippen molar-refractivity contribution < 1.29 is 8.95 Å². The van der Waals surface area contributed by atoms with Gasteiger partial charge in [-0.05, 0) is 26.2 Å². The second-order valence-corrected chi connectivity index (χ2v) is 7.78. The summed E-state index contributed by atoms with van der Waals surface area (Å²) in [5, 5.41) is 3.66. The summed E-state index contributed by atoms with van der Waals surface area (Å²) in [6, 6.07) is 0.596. The second-order valence-electron chi connectivity index (χ2n) is 5.91. The molecule has 0 aliphatic heterocycles. The van der Waals surface area contributed by atoms with Crippen molar-refractivity contribution in [2.24, 2.45) is 5.41 Å². The van der Waals surface area contributed by atoms with Crippen molar-refractivity contribution in [2.45, 2.75) is 64.5 Å². The zero-order valence-electron chi connectivity index (χ0n) is 12.5. The highest BCUT2D eigenvalue weighted by atomic mass is 32.2. The first-order chi connectivity index (χ1) is 9.23. The molecule has 2 saturated carbocycles. The summed E-state index contributed by atoms with van der Waals surface area (Å²) in [6.45, 7) is 5.82. The summed E-state index contributed by atoms with van der Waals surface area (Å²) in [5.74, 6) is 1.57. The lowest BCUT2D eigenvalue weighted by molar-refractivity contribution is -0.149. The van der Waals surface area contributed by atoms with E-state index in [2.05, 4.69) is 12.2 Å². The zero-order chi connectivity index (χ0) is 13.7. The van der Waals surface area contributed by atoms with E-state index >= 15 is 0 Å². The Hall–Kier alpha value is 0.0700. The molecule has 0 saturated heterocycles. The molecule has 2 aliphatic rings. The van der Waals surface area contributed by atoms with Crippen molar-refractivity contribution in [3.8, 4) is 0 Å². The van der Waals surface area contributed by atoms with Crippen molar-refractivity contribution in [3.63, 3.8) is 0 Å².